The Morgan fingerprint density at radius 3 is 2.43 bits per heavy atom. The van der Waals surface area contributed by atoms with Crippen LogP contribution in [0.4, 0.5) is 11.4 Å². The molecular weight excluding hydrogens is 316 g/mol. The average molecular weight is 335 g/mol. The third-order valence-corrected chi connectivity index (χ3v) is 3.63. The Labute approximate surface area is 140 Å². The summed E-state index contributed by atoms with van der Waals surface area (Å²) in [5.41, 5.74) is 2.50. The maximum Gasteiger partial charge on any atom is 0.243 e. The summed E-state index contributed by atoms with van der Waals surface area (Å²) >= 11 is 6.05. The van der Waals surface area contributed by atoms with Crippen molar-refractivity contribution in [3.05, 3.63) is 47.0 Å². The van der Waals surface area contributed by atoms with Crippen molar-refractivity contribution < 1.29 is 14.3 Å². The van der Waals surface area contributed by atoms with Crippen LogP contribution in [-0.4, -0.2) is 26.7 Å². The molecule has 0 saturated carbocycles. The van der Waals surface area contributed by atoms with E-state index in [1.54, 1.807) is 12.1 Å². The second-order valence-corrected chi connectivity index (χ2v) is 5.31. The molecule has 0 saturated heterocycles. The second kappa shape index (κ2) is 7.74. The normalized spacial score (nSPS) is 10.1. The van der Waals surface area contributed by atoms with Crippen LogP contribution in [0.1, 0.15) is 5.56 Å². The average Bonchev–Trinajstić information content (AvgIpc) is 2.55. The molecule has 0 aliphatic heterocycles. The molecule has 2 N–H and O–H groups in total. The lowest BCUT2D eigenvalue weighted by Gasteiger charge is -2.14. The summed E-state index contributed by atoms with van der Waals surface area (Å²) in [6.45, 7) is 2.12. The lowest BCUT2D eigenvalue weighted by atomic mass is 10.2. The minimum Gasteiger partial charge on any atom is -0.495 e. The Morgan fingerprint density at radius 2 is 1.78 bits per heavy atom. The number of aryl methyl sites for hydroxylation is 1. The Morgan fingerprint density at radius 1 is 1.09 bits per heavy atom. The highest BCUT2D eigenvalue weighted by Crippen LogP contribution is 2.35. The van der Waals surface area contributed by atoms with E-state index in [1.165, 1.54) is 14.2 Å². The molecule has 5 nitrogen and oxygen atoms in total. The molecule has 0 aromatic heterocycles. The van der Waals surface area contributed by atoms with Crippen molar-refractivity contribution >= 4 is 28.9 Å². The third-order valence-electron chi connectivity index (χ3n) is 3.33. The molecule has 23 heavy (non-hydrogen) atoms. The first-order chi connectivity index (χ1) is 11.0. The van der Waals surface area contributed by atoms with E-state index in [9.17, 15) is 4.79 Å². The van der Waals surface area contributed by atoms with Crippen molar-refractivity contribution in [3.63, 3.8) is 0 Å². The van der Waals surface area contributed by atoms with Gasteiger partial charge in [-0.05, 0) is 18.6 Å². The van der Waals surface area contributed by atoms with Gasteiger partial charge < -0.3 is 20.1 Å². The molecule has 2 aromatic rings. The monoisotopic (exact) mass is 334 g/mol. The van der Waals surface area contributed by atoms with Gasteiger partial charge in [-0.15, -0.1) is 0 Å². The largest absolute Gasteiger partial charge is 0.495 e. The van der Waals surface area contributed by atoms with Crippen molar-refractivity contribution in [1.82, 2.24) is 0 Å². The number of rotatable bonds is 6. The van der Waals surface area contributed by atoms with Crippen LogP contribution in [0.5, 0.6) is 11.5 Å². The first-order valence-corrected chi connectivity index (χ1v) is 7.43. The Kier molecular flexibility index (Phi) is 5.71. The van der Waals surface area contributed by atoms with E-state index in [0.29, 0.717) is 22.2 Å². The smallest absolute Gasteiger partial charge is 0.243 e. The zero-order chi connectivity index (χ0) is 16.8. The standard InChI is InChI=1S/C17H19ClN2O3/c1-11-6-4-5-7-13(11)19-10-17(21)20-14-9-15(22-2)12(18)8-16(14)23-3/h4-9,19H,10H2,1-3H3,(H,20,21). The van der Waals surface area contributed by atoms with Crippen LogP contribution in [-0.2, 0) is 4.79 Å². The highest BCUT2D eigenvalue weighted by Gasteiger charge is 2.12. The van der Waals surface area contributed by atoms with Crippen LogP contribution in [0, 0.1) is 6.92 Å². The van der Waals surface area contributed by atoms with Gasteiger partial charge in [-0.3, -0.25) is 4.79 Å². The highest BCUT2D eigenvalue weighted by atomic mass is 35.5. The number of carbonyl (C=O) groups excluding carboxylic acids is 1. The molecule has 2 rings (SSSR count). The van der Waals surface area contributed by atoms with E-state index in [1.807, 2.05) is 31.2 Å². The molecule has 0 radical (unpaired) electrons. The molecular formula is C17H19ClN2O3. The zero-order valence-corrected chi connectivity index (χ0v) is 14.0. The van der Waals surface area contributed by atoms with Gasteiger partial charge in [-0.1, -0.05) is 29.8 Å². The van der Waals surface area contributed by atoms with Crippen LogP contribution < -0.4 is 20.1 Å². The van der Waals surface area contributed by atoms with Gasteiger partial charge in [0.25, 0.3) is 0 Å². The number of amides is 1. The molecule has 122 valence electrons. The first kappa shape index (κ1) is 17.0. The number of hydrogen-bond acceptors (Lipinski definition) is 4. The van der Waals surface area contributed by atoms with Crippen molar-refractivity contribution in [2.24, 2.45) is 0 Å². The molecule has 1 amide bonds. The molecule has 2 aromatic carbocycles. The van der Waals surface area contributed by atoms with Gasteiger partial charge in [0.05, 0.1) is 31.5 Å². The minimum atomic E-state index is -0.198. The second-order valence-electron chi connectivity index (χ2n) is 4.90. The summed E-state index contributed by atoms with van der Waals surface area (Å²) in [6.07, 6.45) is 0. The fourth-order valence-corrected chi connectivity index (χ4v) is 2.33. The van der Waals surface area contributed by atoms with E-state index >= 15 is 0 Å². The Hall–Kier alpha value is -2.40. The van der Waals surface area contributed by atoms with Crippen molar-refractivity contribution in [2.75, 3.05) is 31.4 Å². The van der Waals surface area contributed by atoms with Gasteiger partial charge >= 0.3 is 0 Å². The fraction of sp³-hybridized carbons (Fsp3) is 0.235. The van der Waals surface area contributed by atoms with E-state index in [-0.39, 0.29) is 12.5 Å². The highest BCUT2D eigenvalue weighted by molar-refractivity contribution is 6.32. The quantitative estimate of drug-likeness (QED) is 0.845. The summed E-state index contributed by atoms with van der Waals surface area (Å²) < 4.78 is 10.4. The number of halogens is 1. The number of nitrogens with one attached hydrogen (secondary N) is 2. The van der Waals surface area contributed by atoms with Gasteiger partial charge in [0.1, 0.15) is 11.5 Å². The van der Waals surface area contributed by atoms with Gasteiger partial charge in [0.2, 0.25) is 5.91 Å². The maximum atomic E-state index is 12.1. The summed E-state index contributed by atoms with van der Waals surface area (Å²) in [6, 6.07) is 11.0. The van der Waals surface area contributed by atoms with E-state index in [2.05, 4.69) is 10.6 Å². The molecule has 0 aliphatic carbocycles. The predicted molar refractivity (Wildman–Crippen MR) is 92.9 cm³/mol. The van der Waals surface area contributed by atoms with Crippen LogP contribution in [0.15, 0.2) is 36.4 Å². The number of methoxy groups -OCH3 is 2. The lowest BCUT2D eigenvalue weighted by Crippen LogP contribution is -2.22. The van der Waals surface area contributed by atoms with Gasteiger partial charge in [-0.25, -0.2) is 0 Å². The fourth-order valence-electron chi connectivity index (χ4n) is 2.10. The van der Waals surface area contributed by atoms with Gasteiger partial charge in [0.15, 0.2) is 0 Å². The van der Waals surface area contributed by atoms with Crippen LogP contribution in [0.2, 0.25) is 5.02 Å². The number of anilines is 2. The van der Waals surface area contributed by atoms with Crippen LogP contribution in [0.25, 0.3) is 0 Å². The molecule has 0 atom stereocenters. The predicted octanol–water partition coefficient (Wildman–Crippen LogP) is 3.72. The van der Waals surface area contributed by atoms with Crippen LogP contribution >= 0.6 is 11.6 Å². The van der Waals surface area contributed by atoms with Crippen molar-refractivity contribution in [2.45, 2.75) is 6.92 Å². The number of carbonyl (C=O) groups is 1. The number of hydrogen-bond donors (Lipinski definition) is 2. The van der Waals surface area contributed by atoms with Gasteiger partial charge in [0, 0.05) is 17.8 Å². The third kappa shape index (κ3) is 4.29. The summed E-state index contributed by atoms with van der Waals surface area (Å²) in [5, 5.41) is 6.31. The summed E-state index contributed by atoms with van der Waals surface area (Å²) in [7, 11) is 3.03. The molecule has 0 heterocycles. The summed E-state index contributed by atoms with van der Waals surface area (Å²) in [5.74, 6) is 0.741. The van der Waals surface area contributed by atoms with Crippen molar-refractivity contribution in [1.29, 1.82) is 0 Å². The van der Waals surface area contributed by atoms with Crippen molar-refractivity contribution in [3.8, 4) is 11.5 Å². The molecule has 0 aliphatic rings. The molecule has 0 bridgehead atoms. The molecule has 0 spiro atoms. The number of ether oxygens (including phenoxy) is 2. The molecule has 0 fully saturated rings. The molecule has 0 unspecified atom stereocenters. The number of benzene rings is 2. The summed E-state index contributed by atoms with van der Waals surface area (Å²) in [4.78, 5) is 12.1. The van der Waals surface area contributed by atoms with Crippen LogP contribution in [0.3, 0.4) is 0 Å². The zero-order valence-electron chi connectivity index (χ0n) is 13.3. The lowest BCUT2D eigenvalue weighted by molar-refractivity contribution is -0.114. The Balaban J connectivity index is 2.06. The molecule has 6 heteroatoms. The topological polar surface area (TPSA) is 59.6 Å². The maximum absolute atomic E-state index is 12.1. The first-order valence-electron chi connectivity index (χ1n) is 7.06. The van der Waals surface area contributed by atoms with E-state index in [0.717, 1.165) is 11.3 Å². The van der Waals surface area contributed by atoms with E-state index in [4.69, 9.17) is 21.1 Å². The Bertz CT molecular complexity index is 704. The SMILES string of the molecule is COc1cc(NC(=O)CNc2ccccc2C)c(OC)cc1Cl. The van der Waals surface area contributed by atoms with Gasteiger partial charge in [-0.2, -0.15) is 0 Å². The van der Waals surface area contributed by atoms with E-state index < -0.39 is 0 Å². The minimum absolute atomic E-state index is 0.138. The number of para-hydroxylation sites is 1.